The molecule has 2 N–H and O–H groups in total. The van der Waals surface area contributed by atoms with Gasteiger partial charge in [0.2, 0.25) is 0 Å². The van der Waals surface area contributed by atoms with Crippen LogP contribution < -0.4 is 5.56 Å². The van der Waals surface area contributed by atoms with E-state index < -0.39 is 11.5 Å². The minimum atomic E-state index is -1.24. The second kappa shape index (κ2) is 6.58. The lowest BCUT2D eigenvalue weighted by Crippen LogP contribution is -2.28. The molecule has 0 bridgehead atoms. The molecule has 0 aliphatic heterocycles. The van der Waals surface area contributed by atoms with E-state index in [1.807, 2.05) is 32.0 Å². The second-order valence-corrected chi connectivity index (χ2v) is 5.29. The van der Waals surface area contributed by atoms with Crippen molar-refractivity contribution in [3.05, 3.63) is 57.4 Å². The fourth-order valence-corrected chi connectivity index (χ4v) is 2.53. The van der Waals surface area contributed by atoms with Crippen molar-refractivity contribution in [2.75, 3.05) is 6.61 Å². The number of carboxylic acid groups (broad SMARTS) is 1. The molecule has 1 aromatic carbocycles. The van der Waals surface area contributed by atoms with Gasteiger partial charge >= 0.3 is 5.97 Å². The molecule has 0 radical (unpaired) electrons. The first-order chi connectivity index (χ1) is 10.5. The van der Waals surface area contributed by atoms with E-state index >= 15 is 0 Å². The number of aromatic carboxylic acids is 1. The van der Waals surface area contributed by atoms with Crippen molar-refractivity contribution in [2.45, 2.75) is 26.8 Å². The molecule has 2 aromatic rings. The van der Waals surface area contributed by atoms with Crippen molar-refractivity contribution >= 4 is 5.97 Å². The summed E-state index contributed by atoms with van der Waals surface area (Å²) >= 11 is 0. The van der Waals surface area contributed by atoms with Crippen LogP contribution in [0.3, 0.4) is 0 Å². The molecule has 2 rings (SSSR count). The standard InChI is InChI=1S/C17H19NO4/c1-11-4-5-13(12(2)10-11)15-7-6-14(17(21)22)16(20)18(15)8-3-9-19/h4-7,10,19H,3,8-9H2,1-2H3,(H,21,22). The molecule has 1 aromatic heterocycles. The maximum absolute atomic E-state index is 12.4. The molecular formula is C17H19NO4. The lowest BCUT2D eigenvalue weighted by atomic mass is 10.0. The van der Waals surface area contributed by atoms with Gasteiger partial charge in [-0.3, -0.25) is 4.79 Å². The topological polar surface area (TPSA) is 79.5 Å². The summed E-state index contributed by atoms with van der Waals surface area (Å²) in [4.78, 5) is 23.5. The first-order valence-electron chi connectivity index (χ1n) is 7.11. The summed E-state index contributed by atoms with van der Waals surface area (Å²) in [6.45, 7) is 4.16. The Morgan fingerprint density at radius 2 is 1.91 bits per heavy atom. The van der Waals surface area contributed by atoms with Crippen LogP contribution in [0.15, 0.2) is 35.1 Å². The van der Waals surface area contributed by atoms with E-state index in [0.717, 1.165) is 16.7 Å². The van der Waals surface area contributed by atoms with Crippen LogP contribution in [0, 0.1) is 13.8 Å². The number of rotatable bonds is 5. The summed E-state index contributed by atoms with van der Waals surface area (Å²) in [6, 6.07) is 8.89. The summed E-state index contributed by atoms with van der Waals surface area (Å²) in [5.74, 6) is -1.24. The van der Waals surface area contributed by atoms with Gasteiger partial charge in [-0.2, -0.15) is 0 Å². The van der Waals surface area contributed by atoms with Gasteiger partial charge in [0.1, 0.15) is 5.56 Å². The van der Waals surface area contributed by atoms with E-state index in [1.165, 1.54) is 10.6 Å². The molecule has 1 heterocycles. The third-order valence-electron chi connectivity index (χ3n) is 3.60. The highest BCUT2D eigenvalue weighted by molar-refractivity contribution is 5.87. The number of pyridine rings is 1. The molecule has 22 heavy (non-hydrogen) atoms. The van der Waals surface area contributed by atoms with Gasteiger partial charge in [-0.05, 0) is 38.0 Å². The average Bonchev–Trinajstić information content (AvgIpc) is 2.45. The van der Waals surface area contributed by atoms with Crippen molar-refractivity contribution in [1.29, 1.82) is 0 Å². The van der Waals surface area contributed by atoms with Gasteiger partial charge in [0.05, 0.1) is 5.69 Å². The Kier molecular flexibility index (Phi) is 4.78. The van der Waals surface area contributed by atoms with Crippen LogP contribution in [0.1, 0.15) is 27.9 Å². The summed E-state index contributed by atoms with van der Waals surface area (Å²) in [7, 11) is 0. The van der Waals surface area contributed by atoms with E-state index in [4.69, 9.17) is 10.2 Å². The number of nitrogens with zero attached hydrogens (tertiary/aromatic N) is 1. The lowest BCUT2D eigenvalue weighted by Gasteiger charge is -2.15. The first kappa shape index (κ1) is 16.0. The Morgan fingerprint density at radius 3 is 2.50 bits per heavy atom. The molecule has 0 saturated carbocycles. The van der Waals surface area contributed by atoms with E-state index in [0.29, 0.717) is 12.1 Å². The molecule has 5 heteroatoms. The summed E-state index contributed by atoms with van der Waals surface area (Å²) in [5, 5.41) is 18.1. The molecule has 0 fully saturated rings. The first-order valence-corrected chi connectivity index (χ1v) is 7.11. The number of aliphatic hydroxyl groups excluding tert-OH is 1. The molecule has 0 aliphatic rings. The molecular weight excluding hydrogens is 282 g/mol. The number of carbonyl (C=O) groups is 1. The van der Waals surface area contributed by atoms with Gasteiger partial charge in [-0.15, -0.1) is 0 Å². The summed E-state index contributed by atoms with van der Waals surface area (Å²) < 4.78 is 1.43. The highest BCUT2D eigenvalue weighted by Crippen LogP contribution is 2.24. The number of hydrogen-bond acceptors (Lipinski definition) is 3. The Morgan fingerprint density at radius 1 is 1.18 bits per heavy atom. The Bertz CT molecular complexity index is 762. The predicted octanol–water partition coefficient (Wildman–Crippen LogP) is 2.21. The molecule has 0 atom stereocenters. The van der Waals surface area contributed by atoms with Gasteiger partial charge in [0.15, 0.2) is 0 Å². The predicted molar refractivity (Wildman–Crippen MR) is 84.3 cm³/mol. The number of aromatic nitrogens is 1. The van der Waals surface area contributed by atoms with E-state index in [-0.39, 0.29) is 18.7 Å². The largest absolute Gasteiger partial charge is 0.477 e. The van der Waals surface area contributed by atoms with Gasteiger partial charge in [-0.1, -0.05) is 23.8 Å². The number of hydrogen-bond donors (Lipinski definition) is 2. The minimum Gasteiger partial charge on any atom is -0.477 e. The van der Waals surface area contributed by atoms with Crippen molar-refractivity contribution in [3.63, 3.8) is 0 Å². The third kappa shape index (κ3) is 3.09. The fraction of sp³-hybridized carbons (Fsp3) is 0.294. The Hall–Kier alpha value is -2.40. The minimum absolute atomic E-state index is 0.0595. The van der Waals surface area contributed by atoms with E-state index in [1.54, 1.807) is 6.07 Å². The monoisotopic (exact) mass is 301 g/mol. The SMILES string of the molecule is Cc1ccc(-c2ccc(C(=O)O)c(=O)n2CCCO)c(C)c1. The number of aryl methyl sites for hydroxylation is 2. The lowest BCUT2D eigenvalue weighted by molar-refractivity contribution is 0.0694. The molecule has 0 aliphatic carbocycles. The van der Waals surface area contributed by atoms with Crippen LogP contribution in [-0.2, 0) is 6.54 Å². The highest BCUT2D eigenvalue weighted by atomic mass is 16.4. The zero-order valence-corrected chi connectivity index (χ0v) is 12.7. The second-order valence-electron chi connectivity index (χ2n) is 5.29. The zero-order valence-electron chi connectivity index (χ0n) is 12.7. The summed E-state index contributed by atoms with van der Waals surface area (Å²) in [5.41, 5.74) is 2.89. The zero-order chi connectivity index (χ0) is 16.3. The maximum atomic E-state index is 12.4. The normalized spacial score (nSPS) is 10.7. The van der Waals surface area contributed by atoms with Crippen LogP contribution >= 0.6 is 0 Å². The van der Waals surface area contributed by atoms with Gasteiger partial charge in [-0.25, -0.2) is 4.79 Å². The van der Waals surface area contributed by atoms with Crippen LogP contribution in [0.25, 0.3) is 11.3 Å². The van der Waals surface area contributed by atoms with E-state index in [9.17, 15) is 9.59 Å². The molecule has 0 amide bonds. The van der Waals surface area contributed by atoms with Crippen molar-refractivity contribution in [1.82, 2.24) is 4.57 Å². The van der Waals surface area contributed by atoms with Crippen molar-refractivity contribution in [2.24, 2.45) is 0 Å². The van der Waals surface area contributed by atoms with E-state index in [2.05, 4.69) is 0 Å². The van der Waals surface area contributed by atoms with Crippen molar-refractivity contribution in [3.8, 4) is 11.3 Å². The molecule has 0 saturated heterocycles. The van der Waals surface area contributed by atoms with Gasteiger partial charge in [0.25, 0.3) is 5.56 Å². The Balaban J connectivity index is 2.66. The quantitative estimate of drug-likeness (QED) is 0.887. The molecule has 5 nitrogen and oxygen atoms in total. The molecule has 116 valence electrons. The van der Waals surface area contributed by atoms with Gasteiger partial charge in [0, 0.05) is 18.7 Å². The molecule has 0 unspecified atom stereocenters. The van der Waals surface area contributed by atoms with Crippen LogP contribution in [-0.4, -0.2) is 27.4 Å². The Labute approximate surface area is 128 Å². The van der Waals surface area contributed by atoms with Gasteiger partial charge < -0.3 is 14.8 Å². The van der Waals surface area contributed by atoms with Crippen LogP contribution in [0.4, 0.5) is 0 Å². The van der Waals surface area contributed by atoms with Crippen LogP contribution in [0.2, 0.25) is 0 Å². The molecule has 0 spiro atoms. The maximum Gasteiger partial charge on any atom is 0.341 e. The number of aliphatic hydroxyl groups is 1. The number of carboxylic acids is 1. The summed E-state index contributed by atoms with van der Waals surface area (Å²) in [6.07, 6.45) is 0.390. The highest BCUT2D eigenvalue weighted by Gasteiger charge is 2.15. The fourth-order valence-electron chi connectivity index (χ4n) is 2.53. The third-order valence-corrected chi connectivity index (χ3v) is 3.60. The smallest absolute Gasteiger partial charge is 0.341 e. The van der Waals surface area contributed by atoms with Crippen molar-refractivity contribution < 1.29 is 15.0 Å². The van der Waals surface area contributed by atoms with Crippen LogP contribution in [0.5, 0.6) is 0 Å². The number of benzene rings is 1. The average molecular weight is 301 g/mol.